The van der Waals surface area contributed by atoms with Crippen molar-refractivity contribution in [1.82, 2.24) is 0 Å². The Bertz CT molecular complexity index is 241. The molecule has 0 aromatic carbocycles. The van der Waals surface area contributed by atoms with Crippen molar-refractivity contribution in [3.63, 3.8) is 0 Å². The van der Waals surface area contributed by atoms with Crippen molar-refractivity contribution in [2.45, 2.75) is 45.4 Å². The summed E-state index contributed by atoms with van der Waals surface area (Å²) in [5.41, 5.74) is 0. The van der Waals surface area contributed by atoms with Crippen LogP contribution in [0.2, 0.25) is 0 Å². The summed E-state index contributed by atoms with van der Waals surface area (Å²) < 4.78 is 0. The van der Waals surface area contributed by atoms with Gasteiger partial charge in [-0.3, -0.25) is 0 Å². The summed E-state index contributed by atoms with van der Waals surface area (Å²) in [4.78, 5) is 0. The van der Waals surface area contributed by atoms with Crippen molar-refractivity contribution < 1.29 is 0 Å². The summed E-state index contributed by atoms with van der Waals surface area (Å²) in [6, 6.07) is 2.00. The van der Waals surface area contributed by atoms with Crippen molar-refractivity contribution in [1.29, 1.82) is 5.26 Å². The molecule has 0 aromatic rings. The SMILES string of the molecule is C/C=C/C/C=C/CCCCC/C=C/C#N. The van der Waals surface area contributed by atoms with Gasteiger partial charge in [0.15, 0.2) is 0 Å². The molecule has 0 aliphatic carbocycles. The van der Waals surface area contributed by atoms with Crippen LogP contribution in [-0.2, 0) is 0 Å². The van der Waals surface area contributed by atoms with Gasteiger partial charge >= 0.3 is 0 Å². The summed E-state index contributed by atoms with van der Waals surface area (Å²) in [5, 5.41) is 8.26. The van der Waals surface area contributed by atoms with Crippen LogP contribution in [-0.4, -0.2) is 0 Å². The highest BCUT2D eigenvalue weighted by Crippen LogP contribution is 2.04. The minimum Gasteiger partial charge on any atom is -0.193 e. The summed E-state index contributed by atoms with van der Waals surface area (Å²) in [6.45, 7) is 2.04. The monoisotopic (exact) mass is 203 g/mol. The smallest absolute Gasteiger partial charge is 0.0908 e. The minimum absolute atomic E-state index is 1.04. The number of hydrogen-bond acceptors (Lipinski definition) is 1. The first-order valence-electron chi connectivity index (χ1n) is 5.72. The summed E-state index contributed by atoms with van der Waals surface area (Å²) in [7, 11) is 0. The fraction of sp³-hybridized carbons (Fsp3) is 0.500. The zero-order valence-electron chi connectivity index (χ0n) is 9.65. The van der Waals surface area contributed by atoms with E-state index in [1.165, 1.54) is 25.7 Å². The predicted molar refractivity (Wildman–Crippen MR) is 66.4 cm³/mol. The molecular weight excluding hydrogens is 182 g/mol. The van der Waals surface area contributed by atoms with Gasteiger partial charge in [0.2, 0.25) is 0 Å². The highest BCUT2D eigenvalue weighted by molar-refractivity contribution is 5.01. The third-order valence-corrected chi connectivity index (χ3v) is 2.11. The van der Waals surface area contributed by atoms with Gasteiger partial charge in [0.05, 0.1) is 6.07 Å². The molecule has 0 saturated carbocycles. The van der Waals surface area contributed by atoms with E-state index in [-0.39, 0.29) is 0 Å². The van der Waals surface area contributed by atoms with Crippen molar-refractivity contribution in [2.24, 2.45) is 0 Å². The summed E-state index contributed by atoms with van der Waals surface area (Å²) >= 11 is 0. The Morgan fingerprint density at radius 3 is 2.33 bits per heavy atom. The van der Waals surface area contributed by atoms with E-state index in [2.05, 4.69) is 24.3 Å². The molecule has 0 heterocycles. The molecule has 0 N–H and O–H groups in total. The lowest BCUT2D eigenvalue weighted by Crippen LogP contribution is -1.74. The van der Waals surface area contributed by atoms with Crippen LogP contribution in [0.5, 0.6) is 0 Å². The standard InChI is InChI=1S/C14H21N/c1-2-3-4-5-6-7-8-9-10-11-12-13-14-15/h2-3,5-6,12-13H,4,7-11H2,1H3/b3-2+,6-5+,13-12+. The Balaban J connectivity index is 3.15. The largest absolute Gasteiger partial charge is 0.193 e. The Morgan fingerprint density at radius 1 is 0.933 bits per heavy atom. The fourth-order valence-corrected chi connectivity index (χ4v) is 1.27. The molecule has 0 atom stereocenters. The van der Waals surface area contributed by atoms with Crippen LogP contribution >= 0.6 is 0 Å². The molecule has 0 radical (unpaired) electrons. The van der Waals surface area contributed by atoms with Crippen LogP contribution in [0, 0.1) is 11.3 Å². The van der Waals surface area contributed by atoms with Crippen molar-refractivity contribution >= 4 is 0 Å². The van der Waals surface area contributed by atoms with Crippen LogP contribution in [0.3, 0.4) is 0 Å². The van der Waals surface area contributed by atoms with Crippen molar-refractivity contribution in [2.75, 3.05) is 0 Å². The maximum atomic E-state index is 8.26. The van der Waals surface area contributed by atoms with E-state index in [0.717, 1.165) is 12.8 Å². The minimum atomic E-state index is 1.04. The van der Waals surface area contributed by atoms with Crippen molar-refractivity contribution in [3.8, 4) is 6.07 Å². The molecule has 0 amide bonds. The molecule has 0 bridgehead atoms. The molecule has 82 valence electrons. The topological polar surface area (TPSA) is 23.8 Å². The van der Waals surface area contributed by atoms with Crippen LogP contribution in [0.25, 0.3) is 0 Å². The number of allylic oxidation sites excluding steroid dienone is 6. The third-order valence-electron chi connectivity index (χ3n) is 2.11. The molecular formula is C14H21N. The van der Waals surface area contributed by atoms with Gasteiger partial charge in [0.1, 0.15) is 0 Å². The van der Waals surface area contributed by atoms with Gasteiger partial charge in [0, 0.05) is 6.08 Å². The van der Waals surface area contributed by atoms with E-state index >= 15 is 0 Å². The highest BCUT2D eigenvalue weighted by Gasteiger charge is 1.85. The Labute approximate surface area is 93.8 Å². The van der Waals surface area contributed by atoms with Gasteiger partial charge < -0.3 is 0 Å². The van der Waals surface area contributed by atoms with Gasteiger partial charge in [0.25, 0.3) is 0 Å². The first-order valence-corrected chi connectivity index (χ1v) is 5.72. The van der Waals surface area contributed by atoms with Crippen LogP contribution in [0.4, 0.5) is 0 Å². The molecule has 15 heavy (non-hydrogen) atoms. The molecule has 0 spiro atoms. The number of nitriles is 1. The molecule has 0 aromatic heterocycles. The zero-order chi connectivity index (χ0) is 11.2. The predicted octanol–water partition coefficient (Wildman–Crippen LogP) is 4.54. The van der Waals surface area contributed by atoms with E-state index in [4.69, 9.17) is 5.26 Å². The van der Waals surface area contributed by atoms with Crippen LogP contribution < -0.4 is 0 Å². The van der Waals surface area contributed by atoms with Gasteiger partial charge in [-0.15, -0.1) is 0 Å². The maximum Gasteiger partial charge on any atom is 0.0908 e. The number of unbranched alkanes of at least 4 members (excludes halogenated alkanes) is 4. The molecule has 0 unspecified atom stereocenters. The maximum absolute atomic E-state index is 8.26. The summed E-state index contributed by atoms with van der Waals surface area (Å²) in [5.74, 6) is 0. The highest BCUT2D eigenvalue weighted by atomic mass is 14.2. The summed E-state index contributed by atoms with van der Waals surface area (Å²) in [6.07, 6.45) is 19.2. The van der Waals surface area contributed by atoms with Gasteiger partial charge in [-0.25, -0.2) is 0 Å². The lowest BCUT2D eigenvalue weighted by Gasteiger charge is -1.94. The molecule has 1 nitrogen and oxygen atoms in total. The van der Waals surface area contributed by atoms with E-state index in [1.807, 2.05) is 19.1 Å². The normalized spacial score (nSPS) is 11.7. The van der Waals surface area contributed by atoms with E-state index < -0.39 is 0 Å². The van der Waals surface area contributed by atoms with Crippen LogP contribution in [0.15, 0.2) is 36.5 Å². The second kappa shape index (κ2) is 12.7. The Morgan fingerprint density at radius 2 is 1.67 bits per heavy atom. The van der Waals surface area contributed by atoms with Crippen LogP contribution in [0.1, 0.15) is 45.4 Å². The fourth-order valence-electron chi connectivity index (χ4n) is 1.27. The third kappa shape index (κ3) is 12.7. The number of rotatable bonds is 8. The van der Waals surface area contributed by atoms with E-state index in [0.29, 0.717) is 0 Å². The second-order valence-corrected chi connectivity index (χ2v) is 3.45. The quantitative estimate of drug-likeness (QED) is 0.323. The molecule has 0 aliphatic rings. The average molecular weight is 203 g/mol. The van der Waals surface area contributed by atoms with Crippen molar-refractivity contribution in [3.05, 3.63) is 36.5 Å². The first-order chi connectivity index (χ1) is 7.41. The molecule has 0 fully saturated rings. The van der Waals surface area contributed by atoms with E-state index in [9.17, 15) is 0 Å². The molecule has 1 heteroatoms. The zero-order valence-corrected chi connectivity index (χ0v) is 9.65. The molecule has 0 aliphatic heterocycles. The Kier molecular flexibility index (Phi) is 11.6. The van der Waals surface area contributed by atoms with Gasteiger partial charge in [-0.2, -0.15) is 5.26 Å². The van der Waals surface area contributed by atoms with Gasteiger partial charge in [-0.05, 0) is 39.0 Å². The first kappa shape index (κ1) is 13.7. The lowest BCUT2D eigenvalue weighted by molar-refractivity contribution is 0.695. The number of nitrogens with zero attached hydrogens (tertiary/aromatic N) is 1. The number of hydrogen-bond donors (Lipinski definition) is 0. The van der Waals surface area contributed by atoms with Gasteiger partial charge in [-0.1, -0.05) is 36.8 Å². The van der Waals surface area contributed by atoms with E-state index in [1.54, 1.807) is 6.08 Å². The molecule has 0 saturated heterocycles. The lowest BCUT2D eigenvalue weighted by atomic mass is 10.1. The second-order valence-electron chi connectivity index (χ2n) is 3.45. The Hall–Kier alpha value is -1.29. The molecule has 0 rings (SSSR count). The average Bonchev–Trinajstić information content (AvgIpc) is 2.26.